The van der Waals surface area contributed by atoms with Gasteiger partial charge in [0.25, 0.3) is 0 Å². The Bertz CT molecular complexity index is 616. The lowest BCUT2D eigenvalue weighted by Crippen LogP contribution is -1.99. The number of hydrogen-bond acceptors (Lipinski definition) is 4. The summed E-state index contributed by atoms with van der Waals surface area (Å²) in [4.78, 5) is 5.03. The lowest BCUT2D eigenvalue weighted by atomic mass is 10.0. The van der Waals surface area contributed by atoms with Crippen LogP contribution in [0.3, 0.4) is 0 Å². The van der Waals surface area contributed by atoms with Crippen molar-refractivity contribution in [3.8, 4) is 10.6 Å². The van der Waals surface area contributed by atoms with E-state index < -0.39 is 6.10 Å². The molecule has 0 fully saturated rings. The van der Waals surface area contributed by atoms with Crippen molar-refractivity contribution in [3.63, 3.8) is 0 Å². The molecule has 3 nitrogen and oxygen atoms in total. The minimum atomic E-state index is -0.713. The first-order valence-electron chi connectivity index (χ1n) is 5.55. The molecule has 0 spiro atoms. The van der Waals surface area contributed by atoms with Gasteiger partial charge >= 0.3 is 0 Å². The van der Waals surface area contributed by atoms with Crippen molar-refractivity contribution in [2.75, 3.05) is 0 Å². The summed E-state index contributed by atoms with van der Waals surface area (Å²) in [5.74, 6) is 0.723. The molecule has 0 aliphatic carbocycles. The predicted octanol–water partition coefficient (Wildman–Crippen LogP) is 3.48. The molecule has 0 bridgehead atoms. The van der Waals surface area contributed by atoms with Crippen LogP contribution in [0.1, 0.15) is 17.2 Å². The molecule has 1 unspecified atom stereocenters. The molecule has 0 aliphatic heterocycles. The second-order valence-corrected chi connectivity index (χ2v) is 4.82. The Labute approximate surface area is 108 Å². The summed E-state index contributed by atoms with van der Waals surface area (Å²) in [7, 11) is 0. The number of aliphatic hydroxyl groups excluding tert-OH is 1. The summed E-state index contributed by atoms with van der Waals surface area (Å²) in [6, 6.07) is 9.39. The fourth-order valence-electron chi connectivity index (χ4n) is 1.86. The molecule has 4 heteroatoms. The fourth-order valence-corrected chi connectivity index (χ4v) is 2.59. The van der Waals surface area contributed by atoms with Gasteiger partial charge in [-0.05, 0) is 23.6 Å². The van der Waals surface area contributed by atoms with Gasteiger partial charge < -0.3 is 9.52 Å². The molecule has 18 heavy (non-hydrogen) atoms. The molecular weight excluding hydrogens is 246 g/mol. The monoisotopic (exact) mass is 257 g/mol. The molecule has 1 atom stereocenters. The molecular formula is C14H11NO2S. The number of furan rings is 1. The highest BCUT2D eigenvalue weighted by molar-refractivity contribution is 7.13. The van der Waals surface area contributed by atoms with E-state index in [2.05, 4.69) is 4.98 Å². The quantitative estimate of drug-likeness (QED) is 0.781. The van der Waals surface area contributed by atoms with Gasteiger partial charge in [0.15, 0.2) is 0 Å². The Morgan fingerprint density at radius 3 is 2.89 bits per heavy atom. The van der Waals surface area contributed by atoms with E-state index >= 15 is 0 Å². The van der Waals surface area contributed by atoms with Crippen molar-refractivity contribution >= 4 is 11.3 Å². The number of aliphatic hydroxyl groups is 1. The fraction of sp³-hybridized carbons (Fsp3) is 0.0714. The normalized spacial score (nSPS) is 12.5. The third-order valence-corrected chi connectivity index (χ3v) is 3.60. The minimum absolute atomic E-state index is 0.713. The Morgan fingerprint density at radius 2 is 2.17 bits per heavy atom. The first kappa shape index (κ1) is 11.2. The van der Waals surface area contributed by atoms with Crippen LogP contribution in [0.4, 0.5) is 0 Å². The van der Waals surface area contributed by atoms with Crippen molar-refractivity contribution < 1.29 is 9.52 Å². The van der Waals surface area contributed by atoms with E-state index in [9.17, 15) is 5.11 Å². The van der Waals surface area contributed by atoms with Gasteiger partial charge in [0.1, 0.15) is 11.9 Å². The van der Waals surface area contributed by atoms with Crippen molar-refractivity contribution in [2.24, 2.45) is 0 Å². The van der Waals surface area contributed by atoms with E-state index in [0.29, 0.717) is 0 Å². The van der Waals surface area contributed by atoms with Gasteiger partial charge in [-0.25, -0.2) is 0 Å². The van der Waals surface area contributed by atoms with E-state index in [0.717, 1.165) is 21.8 Å². The van der Waals surface area contributed by atoms with E-state index in [1.807, 2.05) is 29.6 Å². The van der Waals surface area contributed by atoms with Crippen LogP contribution in [-0.2, 0) is 0 Å². The van der Waals surface area contributed by atoms with Crippen molar-refractivity contribution in [2.45, 2.75) is 6.10 Å². The molecule has 0 amide bonds. The van der Waals surface area contributed by atoms with Crippen LogP contribution in [0, 0.1) is 0 Å². The maximum absolute atomic E-state index is 10.4. The topological polar surface area (TPSA) is 46.3 Å². The van der Waals surface area contributed by atoms with Crippen LogP contribution in [-0.4, -0.2) is 10.1 Å². The number of pyridine rings is 1. The molecule has 0 saturated heterocycles. The number of nitrogens with zero attached hydrogens (tertiary/aromatic N) is 1. The minimum Gasteiger partial charge on any atom is -0.463 e. The molecule has 3 aromatic rings. The summed E-state index contributed by atoms with van der Waals surface area (Å²) in [5.41, 5.74) is 1.53. The summed E-state index contributed by atoms with van der Waals surface area (Å²) in [5, 5.41) is 12.3. The average molecular weight is 257 g/mol. The van der Waals surface area contributed by atoms with Gasteiger partial charge in [-0.3, -0.25) is 4.98 Å². The number of hydrogen-bond donors (Lipinski definition) is 1. The zero-order valence-electron chi connectivity index (χ0n) is 9.48. The Balaban J connectivity index is 2.01. The van der Waals surface area contributed by atoms with Crippen LogP contribution in [0.5, 0.6) is 0 Å². The highest BCUT2D eigenvalue weighted by atomic mass is 32.1. The third-order valence-electron chi connectivity index (χ3n) is 2.74. The summed E-state index contributed by atoms with van der Waals surface area (Å²) < 4.78 is 5.48. The molecule has 3 rings (SSSR count). The van der Waals surface area contributed by atoms with Crippen LogP contribution in [0.25, 0.3) is 10.6 Å². The second kappa shape index (κ2) is 4.76. The van der Waals surface area contributed by atoms with Crippen molar-refractivity contribution in [3.05, 3.63) is 65.5 Å². The Kier molecular flexibility index (Phi) is 2.96. The van der Waals surface area contributed by atoms with Gasteiger partial charge in [-0.15, -0.1) is 11.3 Å². The summed E-state index contributed by atoms with van der Waals surface area (Å²) in [6.45, 7) is 0. The number of aromatic nitrogens is 1. The highest BCUT2D eigenvalue weighted by Gasteiger charge is 2.19. The molecule has 3 aromatic heterocycles. The van der Waals surface area contributed by atoms with Gasteiger partial charge in [-0.2, -0.15) is 0 Å². The lowest BCUT2D eigenvalue weighted by molar-refractivity contribution is 0.219. The standard InChI is InChI=1S/C14H11NO2S/c16-13(10-3-1-6-15-9-10)11-5-7-17-14(11)12-4-2-8-18-12/h1-9,13,16H. The Morgan fingerprint density at radius 1 is 1.22 bits per heavy atom. The summed E-state index contributed by atoms with van der Waals surface area (Å²) >= 11 is 1.59. The first-order valence-corrected chi connectivity index (χ1v) is 6.43. The van der Waals surface area contributed by atoms with Gasteiger partial charge in [0.05, 0.1) is 11.1 Å². The maximum atomic E-state index is 10.4. The zero-order valence-corrected chi connectivity index (χ0v) is 10.3. The SMILES string of the molecule is OC(c1cccnc1)c1ccoc1-c1cccs1. The largest absolute Gasteiger partial charge is 0.463 e. The molecule has 0 radical (unpaired) electrons. The van der Waals surface area contributed by atoms with Crippen molar-refractivity contribution in [1.29, 1.82) is 0 Å². The molecule has 90 valence electrons. The number of thiophene rings is 1. The van der Waals surface area contributed by atoms with Crippen LogP contribution < -0.4 is 0 Å². The van der Waals surface area contributed by atoms with Gasteiger partial charge in [-0.1, -0.05) is 12.1 Å². The van der Waals surface area contributed by atoms with Crippen molar-refractivity contribution in [1.82, 2.24) is 4.98 Å². The van der Waals surface area contributed by atoms with E-state index in [1.54, 1.807) is 36.1 Å². The lowest BCUT2D eigenvalue weighted by Gasteiger charge is -2.09. The maximum Gasteiger partial charge on any atom is 0.149 e. The predicted molar refractivity (Wildman–Crippen MR) is 70.3 cm³/mol. The average Bonchev–Trinajstić information content (AvgIpc) is 3.09. The smallest absolute Gasteiger partial charge is 0.149 e. The number of rotatable bonds is 3. The zero-order chi connectivity index (χ0) is 12.4. The Hall–Kier alpha value is -1.91. The highest BCUT2D eigenvalue weighted by Crippen LogP contribution is 2.34. The molecule has 1 N–H and O–H groups in total. The van der Waals surface area contributed by atoms with E-state index in [-0.39, 0.29) is 0 Å². The van der Waals surface area contributed by atoms with Crippen LogP contribution >= 0.6 is 11.3 Å². The van der Waals surface area contributed by atoms with Gasteiger partial charge in [0, 0.05) is 23.5 Å². The van der Waals surface area contributed by atoms with Crippen LogP contribution in [0.2, 0.25) is 0 Å². The van der Waals surface area contributed by atoms with E-state index in [4.69, 9.17) is 4.42 Å². The molecule has 0 aliphatic rings. The molecule has 3 heterocycles. The third kappa shape index (κ3) is 1.96. The van der Waals surface area contributed by atoms with E-state index in [1.165, 1.54) is 0 Å². The second-order valence-electron chi connectivity index (χ2n) is 3.87. The van der Waals surface area contributed by atoms with Gasteiger partial charge in [0.2, 0.25) is 0 Å². The van der Waals surface area contributed by atoms with Crippen LogP contribution in [0.15, 0.2) is 58.8 Å². The molecule has 0 aromatic carbocycles. The first-order chi connectivity index (χ1) is 8.86. The summed E-state index contributed by atoms with van der Waals surface area (Å²) in [6.07, 6.45) is 4.24. The molecule has 0 saturated carbocycles.